The van der Waals surface area contributed by atoms with Crippen LogP contribution in [0.1, 0.15) is 44.9 Å². The predicted octanol–water partition coefficient (Wildman–Crippen LogP) is 1.48. The number of carbonyl (C=O) groups is 2. The molecule has 0 bridgehead atoms. The van der Waals surface area contributed by atoms with Crippen LogP contribution in [0.15, 0.2) is 0 Å². The number of likely N-dealkylation sites (tertiary alicyclic amines) is 1. The highest BCUT2D eigenvalue weighted by atomic mass is 16.4. The summed E-state index contributed by atoms with van der Waals surface area (Å²) in [6.07, 6.45) is 6.95. The zero-order valence-electron chi connectivity index (χ0n) is 12.6. The van der Waals surface area contributed by atoms with E-state index in [4.69, 9.17) is 0 Å². The second-order valence-corrected chi connectivity index (χ2v) is 6.94. The third kappa shape index (κ3) is 3.07. The zero-order chi connectivity index (χ0) is 14.8. The van der Waals surface area contributed by atoms with Crippen molar-refractivity contribution in [1.82, 2.24) is 10.2 Å². The van der Waals surface area contributed by atoms with Gasteiger partial charge in [0.15, 0.2) is 0 Å². The standard InChI is InChI=1S/C16H26N2O3/c19-14(7-6-11-3-2-8-17-9-11)18-10-12-4-1-5-13(12)15(18)16(20)21/h11-13,15,17H,1-10H2,(H,20,21). The summed E-state index contributed by atoms with van der Waals surface area (Å²) in [6, 6.07) is -0.561. The van der Waals surface area contributed by atoms with Crippen molar-refractivity contribution in [1.29, 1.82) is 0 Å². The first kappa shape index (κ1) is 14.8. The average Bonchev–Trinajstić information content (AvgIpc) is 3.05. The lowest BCUT2D eigenvalue weighted by atomic mass is 9.93. The summed E-state index contributed by atoms with van der Waals surface area (Å²) in [4.78, 5) is 25.7. The number of amides is 1. The van der Waals surface area contributed by atoms with Gasteiger partial charge in [-0.3, -0.25) is 4.79 Å². The normalized spacial score (nSPS) is 35.7. The van der Waals surface area contributed by atoms with Crippen LogP contribution < -0.4 is 5.32 Å². The predicted molar refractivity (Wildman–Crippen MR) is 78.8 cm³/mol. The summed E-state index contributed by atoms with van der Waals surface area (Å²) in [5, 5.41) is 12.9. The molecule has 0 aromatic rings. The van der Waals surface area contributed by atoms with Crippen molar-refractivity contribution in [3.8, 4) is 0 Å². The fraction of sp³-hybridized carbons (Fsp3) is 0.875. The van der Waals surface area contributed by atoms with E-state index in [9.17, 15) is 14.7 Å². The van der Waals surface area contributed by atoms with Gasteiger partial charge in [-0.15, -0.1) is 0 Å². The van der Waals surface area contributed by atoms with Crippen LogP contribution in [-0.4, -0.2) is 47.6 Å². The second kappa shape index (κ2) is 6.34. The molecule has 5 heteroatoms. The van der Waals surface area contributed by atoms with Gasteiger partial charge in [0, 0.05) is 13.0 Å². The fourth-order valence-corrected chi connectivity index (χ4v) is 4.52. The monoisotopic (exact) mass is 294 g/mol. The number of fused-ring (bicyclic) bond motifs is 1. The quantitative estimate of drug-likeness (QED) is 0.824. The first-order chi connectivity index (χ1) is 10.2. The third-order valence-electron chi connectivity index (χ3n) is 5.63. The van der Waals surface area contributed by atoms with Crippen molar-refractivity contribution in [3.63, 3.8) is 0 Å². The minimum atomic E-state index is -0.808. The van der Waals surface area contributed by atoms with Gasteiger partial charge in [-0.05, 0) is 62.9 Å². The molecule has 118 valence electrons. The second-order valence-electron chi connectivity index (χ2n) is 6.94. The van der Waals surface area contributed by atoms with Crippen LogP contribution in [0, 0.1) is 17.8 Å². The molecule has 2 heterocycles. The Morgan fingerprint density at radius 1 is 1.19 bits per heavy atom. The van der Waals surface area contributed by atoms with Crippen LogP contribution in [0.25, 0.3) is 0 Å². The minimum absolute atomic E-state index is 0.0578. The third-order valence-corrected chi connectivity index (χ3v) is 5.63. The summed E-state index contributed by atoms with van der Waals surface area (Å²) in [5.41, 5.74) is 0. The summed E-state index contributed by atoms with van der Waals surface area (Å²) in [5.74, 6) is 0.446. The lowest BCUT2D eigenvalue weighted by Gasteiger charge is -2.26. The molecule has 2 aliphatic heterocycles. The average molecular weight is 294 g/mol. The SMILES string of the molecule is O=C(O)C1C2CCCC2CN1C(=O)CCC1CCCNC1. The van der Waals surface area contributed by atoms with Crippen molar-refractivity contribution in [2.24, 2.45) is 17.8 Å². The molecule has 4 unspecified atom stereocenters. The number of carboxylic acid groups (broad SMARTS) is 1. The van der Waals surface area contributed by atoms with Gasteiger partial charge in [0.05, 0.1) is 0 Å². The summed E-state index contributed by atoms with van der Waals surface area (Å²) >= 11 is 0. The molecule has 21 heavy (non-hydrogen) atoms. The van der Waals surface area contributed by atoms with Gasteiger partial charge >= 0.3 is 5.97 Å². The van der Waals surface area contributed by atoms with E-state index in [2.05, 4.69) is 5.32 Å². The molecule has 1 amide bonds. The molecule has 0 spiro atoms. The lowest BCUT2D eigenvalue weighted by Crippen LogP contribution is -2.43. The Morgan fingerprint density at radius 2 is 2.05 bits per heavy atom. The highest BCUT2D eigenvalue weighted by Gasteiger charge is 2.49. The Labute approximate surface area is 126 Å². The van der Waals surface area contributed by atoms with Crippen LogP contribution in [-0.2, 0) is 9.59 Å². The molecule has 2 saturated heterocycles. The molecule has 3 fully saturated rings. The van der Waals surface area contributed by atoms with Gasteiger partial charge in [-0.2, -0.15) is 0 Å². The van der Waals surface area contributed by atoms with E-state index >= 15 is 0 Å². The van der Waals surface area contributed by atoms with Gasteiger partial charge in [0.25, 0.3) is 0 Å². The van der Waals surface area contributed by atoms with Crippen molar-refractivity contribution in [3.05, 3.63) is 0 Å². The van der Waals surface area contributed by atoms with Crippen LogP contribution in [0.3, 0.4) is 0 Å². The number of nitrogens with zero attached hydrogens (tertiary/aromatic N) is 1. The summed E-state index contributed by atoms with van der Waals surface area (Å²) in [6.45, 7) is 2.76. The zero-order valence-corrected chi connectivity index (χ0v) is 12.6. The van der Waals surface area contributed by atoms with E-state index in [0.29, 0.717) is 24.8 Å². The number of hydrogen-bond donors (Lipinski definition) is 2. The maximum atomic E-state index is 12.5. The van der Waals surface area contributed by atoms with E-state index in [-0.39, 0.29) is 11.8 Å². The van der Waals surface area contributed by atoms with E-state index in [1.165, 1.54) is 12.8 Å². The topological polar surface area (TPSA) is 69.6 Å². The molecule has 3 rings (SSSR count). The Kier molecular flexibility index (Phi) is 4.48. The molecule has 4 atom stereocenters. The Morgan fingerprint density at radius 3 is 2.76 bits per heavy atom. The van der Waals surface area contributed by atoms with Crippen LogP contribution >= 0.6 is 0 Å². The Hall–Kier alpha value is -1.10. The van der Waals surface area contributed by atoms with Crippen LogP contribution in [0.4, 0.5) is 0 Å². The molecule has 0 aromatic carbocycles. The molecule has 5 nitrogen and oxygen atoms in total. The van der Waals surface area contributed by atoms with Crippen molar-refractivity contribution < 1.29 is 14.7 Å². The van der Waals surface area contributed by atoms with Gasteiger partial charge < -0.3 is 15.3 Å². The van der Waals surface area contributed by atoms with E-state index in [1.807, 2.05) is 0 Å². The van der Waals surface area contributed by atoms with Gasteiger partial charge in [0.1, 0.15) is 6.04 Å². The molecule has 0 radical (unpaired) electrons. The van der Waals surface area contributed by atoms with Crippen LogP contribution in [0.5, 0.6) is 0 Å². The van der Waals surface area contributed by atoms with E-state index in [0.717, 1.165) is 38.8 Å². The Bertz CT molecular complexity index is 406. The van der Waals surface area contributed by atoms with Gasteiger partial charge in [-0.25, -0.2) is 4.79 Å². The van der Waals surface area contributed by atoms with Crippen molar-refractivity contribution in [2.45, 2.75) is 51.0 Å². The molecule has 1 saturated carbocycles. The number of piperidine rings is 1. The van der Waals surface area contributed by atoms with Gasteiger partial charge in [-0.1, -0.05) is 6.42 Å². The first-order valence-corrected chi connectivity index (χ1v) is 8.40. The van der Waals surface area contributed by atoms with Crippen molar-refractivity contribution >= 4 is 11.9 Å². The number of rotatable bonds is 4. The number of aliphatic carboxylic acids is 1. The number of hydrogen-bond acceptors (Lipinski definition) is 3. The Balaban J connectivity index is 1.57. The van der Waals surface area contributed by atoms with E-state index in [1.54, 1.807) is 4.90 Å². The van der Waals surface area contributed by atoms with Crippen molar-refractivity contribution in [2.75, 3.05) is 19.6 Å². The number of carbonyl (C=O) groups excluding carboxylic acids is 1. The summed E-state index contributed by atoms with van der Waals surface area (Å²) < 4.78 is 0. The smallest absolute Gasteiger partial charge is 0.326 e. The maximum Gasteiger partial charge on any atom is 0.326 e. The van der Waals surface area contributed by atoms with E-state index < -0.39 is 12.0 Å². The molecule has 1 aliphatic carbocycles. The highest BCUT2D eigenvalue weighted by molar-refractivity contribution is 5.84. The molecule has 2 N–H and O–H groups in total. The first-order valence-electron chi connectivity index (χ1n) is 8.40. The molecule has 0 aromatic heterocycles. The minimum Gasteiger partial charge on any atom is -0.480 e. The highest BCUT2D eigenvalue weighted by Crippen LogP contribution is 2.42. The molecular weight excluding hydrogens is 268 g/mol. The maximum absolute atomic E-state index is 12.5. The largest absolute Gasteiger partial charge is 0.480 e. The van der Waals surface area contributed by atoms with Gasteiger partial charge in [0.2, 0.25) is 5.91 Å². The molecule has 3 aliphatic rings. The fourth-order valence-electron chi connectivity index (χ4n) is 4.52. The lowest BCUT2D eigenvalue weighted by molar-refractivity contribution is -0.149. The molecular formula is C16H26N2O3. The summed E-state index contributed by atoms with van der Waals surface area (Å²) in [7, 11) is 0. The number of carboxylic acids is 1. The number of nitrogens with one attached hydrogen (secondary N) is 1. The van der Waals surface area contributed by atoms with Crippen LogP contribution in [0.2, 0.25) is 0 Å².